The van der Waals surface area contributed by atoms with Gasteiger partial charge in [-0.15, -0.1) is 6.10 Å². The summed E-state index contributed by atoms with van der Waals surface area (Å²) in [5.41, 5.74) is 0. The van der Waals surface area contributed by atoms with Crippen molar-refractivity contribution in [2.45, 2.75) is 30.6 Å². The Balaban J connectivity index is 0.00000300. The third-order valence-electron chi connectivity index (χ3n) is 3.73. The zero-order valence-corrected chi connectivity index (χ0v) is 19.1. The second-order valence-electron chi connectivity index (χ2n) is 5.69. The van der Waals surface area contributed by atoms with Crippen LogP contribution in [0.3, 0.4) is 0 Å². The van der Waals surface area contributed by atoms with Crippen LogP contribution in [0.15, 0.2) is 9.98 Å². The molecule has 31 heavy (non-hydrogen) atoms. The van der Waals surface area contributed by atoms with E-state index in [0.717, 1.165) is 11.2 Å². The molecule has 0 aromatic rings. The Morgan fingerprint density at radius 2 is 1.94 bits per heavy atom. The monoisotopic (exact) mass is 477 g/mol. The molecule has 3 rings (SSSR count). The number of rotatable bonds is 6. The molecular weight excluding hydrogens is 465 g/mol. The Hall–Kier alpha value is 0.632. The molecule has 15 nitrogen and oxygen atoms in total. The Morgan fingerprint density at radius 3 is 2.52 bits per heavy atom. The fourth-order valence-corrected chi connectivity index (χ4v) is 4.91. The third kappa shape index (κ3) is 7.56. The third-order valence-corrected chi connectivity index (χ3v) is 6.44. The van der Waals surface area contributed by atoms with Crippen molar-refractivity contribution in [3.05, 3.63) is 0 Å². The summed E-state index contributed by atoms with van der Waals surface area (Å²) in [4.78, 5) is 49.6. The number of amidine groups is 1. The van der Waals surface area contributed by atoms with E-state index >= 15 is 0 Å². The first kappa shape index (κ1) is 31.6. The van der Waals surface area contributed by atoms with Gasteiger partial charge >= 0.3 is 6.72 Å². The fourth-order valence-electron chi connectivity index (χ4n) is 2.62. The van der Waals surface area contributed by atoms with E-state index in [-0.39, 0.29) is 62.4 Å². The van der Waals surface area contributed by atoms with Crippen molar-refractivity contribution >= 4 is 107 Å². The Bertz CT molecular complexity index is 861. The number of guanidine groups is 1. The van der Waals surface area contributed by atoms with Gasteiger partial charge in [0.15, 0.2) is 11.9 Å². The average Bonchev–Trinajstić information content (AvgIpc) is 3.06. The summed E-state index contributed by atoms with van der Waals surface area (Å²) >= 11 is 4.01. The van der Waals surface area contributed by atoms with Gasteiger partial charge in [0.25, 0.3) is 13.7 Å². The Labute approximate surface area is 216 Å². The summed E-state index contributed by atoms with van der Waals surface area (Å²) in [5.74, 6) is -1.23. The van der Waals surface area contributed by atoms with Crippen molar-refractivity contribution in [2.24, 2.45) is 9.98 Å². The molecule has 4 N–H and O–H groups in total. The van der Waals surface area contributed by atoms with Gasteiger partial charge in [-0.1, -0.05) is 6.10 Å². The topological polar surface area (TPSA) is 235 Å². The first-order valence-electron chi connectivity index (χ1n) is 7.37. The molecule has 0 aromatic heterocycles. The van der Waals surface area contributed by atoms with Gasteiger partial charge in [0.05, 0.1) is 19.0 Å². The molecule has 0 aromatic carbocycles. The van der Waals surface area contributed by atoms with Crippen LogP contribution in [-0.4, -0.2) is 132 Å². The largest absolute Gasteiger partial charge is 0.851 e. The van der Waals surface area contributed by atoms with E-state index in [2.05, 4.69) is 35.9 Å². The van der Waals surface area contributed by atoms with Crippen LogP contribution in [0.25, 0.3) is 0 Å². The minimum Gasteiger partial charge on any atom is -0.851 e. The van der Waals surface area contributed by atoms with Crippen molar-refractivity contribution in [3.8, 4) is 0 Å². The zero-order valence-electron chi connectivity index (χ0n) is 16.5. The number of aliphatic imine (C=N–C) groups is 2. The molecule has 3 radical (unpaired) electrons. The first-order chi connectivity index (χ1) is 12.9. The van der Waals surface area contributed by atoms with E-state index in [1.807, 2.05) is 0 Å². The fraction of sp³-hybridized carbons (Fsp3) is 0.600. The SMILES string of the molecule is N=C1N=C2C(N=CN2[C@@H]2O[C@H](COP(=O)([O-])OP(O)(O)=S)[C@@H]([O-])[C@H]2[O-])C(=O)N1.[Li].[Li].[Li]. The second-order valence-corrected chi connectivity index (χ2v) is 9.91. The van der Waals surface area contributed by atoms with Crippen LogP contribution in [0, 0.1) is 5.41 Å². The number of carbonyl (C=O) groups excluding carboxylic acids is 1. The number of amides is 1. The molecule has 0 saturated carbocycles. The predicted octanol–water partition coefficient (Wildman–Crippen LogP) is -6.09. The number of phosphoric acid groups is 1. The van der Waals surface area contributed by atoms with Gasteiger partial charge in [-0.25, -0.2) is 4.31 Å². The molecule has 0 aliphatic carbocycles. The van der Waals surface area contributed by atoms with Gasteiger partial charge in [0.2, 0.25) is 5.96 Å². The molecule has 3 aliphatic rings. The molecule has 1 amide bonds. The minimum absolute atomic E-state index is 0. The zero-order chi connectivity index (χ0) is 20.9. The maximum absolute atomic E-state index is 12.3. The van der Waals surface area contributed by atoms with Crippen LogP contribution in [0.2, 0.25) is 0 Å². The first-order valence-corrected chi connectivity index (χ1v) is 11.5. The molecule has 1 saturated heterocycles. The van der Waals surface area contributed by atoms with Crippen molar-refractivity contribution in [3.63, 3.8) is 0 Å². The molecule has 159 valence electrons. The van der Waals surface area contributed by atoms with Crippen LogP contribution >= 0.6 is 14.5 Å². The smallest absolute Gasteiger partial charge is 0.328 e. The van der Waals surface area contributed by atoms with Crippen LogP contribution in [0.4, 0.5) is 0 Å². The number of nitrogens with zero attached hydrogens (tertiary/aromatic N) is 3. The van der Waals surface area contributed by atoms with Gasteiger partial charge in [0, 0.05) is 56.6 Å². The molecule has 3 heterocycles. The van der Waals surface area contributed by atoms with E-state index in [4.69, 9.17) is 19.9 Å². The molecule has 2 unspecified atom stereocenters. The van der Waals surface area contributed by atoms with Crippen molar-refractivity contribution < 1.29 is 47.8 Å². The van der Waals surface area contributed by atoms with E-state index in [9.17, 15) is 24.5 Å². The van der Waals surface area contributed by atoms with Crippen molar-refractivity contribution in [2.75, 3.05) is 6.61 Å². The van der Waals surface area contributed by atoms with Crippen molar-refractivity contribution in [1.82, 2.24) is 10.2 Å². The molecular formula is C10H12Li3N5O10P2S-3. The molecule has 0 bridgehead atoms. The quantitative estimate of drug-likeness (QED) is 0.207. The summed E-state index contributed by atoms with van der Waals surface area (Å²) in [6.07, 6.45) is -5.92. The van der Waals surface area contributed by atoms with Crippen LogP contribution in [0.1, 0.15) is 0 Å². The standard InChI is InChI=1S/C10H13N5O10P2S.3Li/c11-10-13-7-4(8(18)14-10)12-2-15(7)9-6(17)5(16)3(24-9)1-23-26(19,20)25-27(21,22)28;;;/h2-6,9H,1H2,(H,19,20)(H2,11,14,18)(H2,21,22,28);;;/q-2;;;/p-1/t3-,4?,5-,6-,9-;;;/m1.../s1. The van der Waals surface area contributed by atoms with Gasteiger partial charge in [-0.2, -0.15) is 4.99 Å². The van der Waals surface area contributed by atoms with E-state index in [0.29, 0.717) is 0 Å². The normalized spacial score (nSPS) is 31.5. The average molecular weight is 477 g/mol. The molecule has 3 aliphatic heterocycles. The van der Waals surface area contributed by atoms with Crippen LogP contribution in [0.5, 0.6) is 0 Å². The maximum Gasteiger partial charge on any atom is 0.328 e. The number of carbonyl (C=O) groups is 1. The number of ether oxygens (including phenoxy) is 1. The summed E-state index contributed by atoms with van der Waals surface area (Å²) < 4.78 is 24.9. The summed E-state index contributed by atoms with van der Waals surface area (Å²) in [5, 5.41) is 34.0. The summed E-state index contributed by atoms with van der Waals surface area (Å²) in [6.45, 7) is -5.53. The van der Waals surface area contributed by atoms with Gasteiger partial charge in [0.1, 0.15) is 6.23 Å². The molecule has 21 heteroatoms. The summed E-state index contributed by atoms with van der Waals surface area (Å²) in [7, 11) is -5.27. The number of hydrogen-bond donors (Lipinski definition) is 4. The number of hydrogen-bond acceptors (Lipinski definition) is 12. The Kier molecular flexibility index (Phi) is 12.1. The van der Waals surface area contributed by atoms with E-state index in [1.54, 1.807) is 0 Å². The van der Waals surface area contributed by atoms with Gasteiger partial charge in [-0.3, -0.25) is 30.0 Å². The number of nitrogens with one attached hydrogen (secondary N) is 2. The maximum atomic E-state index is 12.3. The summed E-state index contributed by atoms with van der Waals surface area (Å²) in [6, 6.07) is -1.11. The molecule has 0 spiro atoms. The predicted molar refractivity (Wildman–Crippen MR) is 104 cm³/mol. The van der Waals surface area contributed by atoms with E-state index < -0.39 is 63.6 Å². The molecule has 6 atom stereocenters. The van der Waals surface area contributed by atoms with E-state index in [1.165, 1.54) is 0 Å². The van der Waals surface area contributed by atoms with Gasteiger partial charge in [-0.05, 0) is 11.8 Å². The number of phosphoric ester groups is 1. The Morgan fingerprint density at radius 1 is 1.32 bits per heavy atom. The molecule has 1 fully saturated rings. The second kappa shape index (κ2) is 11.9. The van der Waals surface area contributed by atoms with Crippen molar-refractivity contribution in [1.29, 1.82) is 5.41 Å². The van der Waals surface area contributed by atoms with Crippen LogP contribution in [-0.2, 0) is 34.7 Å². The number of fused-ring (bicyclic) bond motifs is 1. The minimum atomic E-state index is -5.27. The van der Waals surface area contributed by atoms with Crippen LogP contribution < -0.4 is 20.4 Å². The van der Waals surface area contributed by atoms with Gasteiger partial charge < -0.3 is 34.2 Å².